The lowest BCUT2D eigenvalue weighted by atomic mass is 9.81. The zero-order valence-electron chi connectivity index (χ0n) is 11.0. The minimum Gasteiger partial charge on any atom is -0.325 e. The number of aromatic nitrogens is 2. The zero-order chi connectivity index (χ0) is 13.9. The van der Waals surface area contributed by atoms with Gasteiger partial charge in [0.05, 0.1) is 16.7 Å². The summed E-state index contributed by atoms with van der Waals surface area (Å²) in [7, 11) is 1.73. The minimum atomic E-state index is -0.625. The predicted octanol–water partition coefficient (Wildman–Crippen LogP) is 2.33. The van der Waals surface area contributed by atoms with Crippen LogP contribution in [0.25, 0.3) is 0 Å². The van der Waals surface area contributed by atoms with E-state index in [0.717, 1.165) is 36.6 Å². The molecular weight excluding hydrogens is 308 g/mol. The summed E-state index contributed by atoms with van der Waals surface area (Å²) in [6.07, 6.45) is 8.12. The summed E-state index contributed by atoms with van der Waals surface area (Å²) in [5.74, 6) is -0.0703. The summed E-state index contributed by atoms with van der Waals surface area (Å²) >= 11 is 3.30. The Morgan fingerprint density at radius 3 is 2.79 bits per heavy atom. The molecule has 0 aliphatic heterocycles. The smallest absolute Gasteiger partial charge is 0.245 e. The highest BCUT2D eigenvalue weighted by atomic mass is 79.9. The fourth-order valence-electron chi connectivity index (χ4n) is 2.57. The fourth-order valence-corrected chi connectivity index (χ4v) is 2.89. The molecule has 2 rings (SSSR count). The van der Waals surface area contributed by atoms with Crippen LogP contribution in [0.1, 0.15) is 32.1 Å². The van der Waals surface area contributed by atoms with Gasteiger partial charge in [-0.3, -0.25) is 9.48 Å². The van der Waals surface area contributed by atoms with Crippen molar-refractivity contribution in [2.24, 2.45) is 0 Å². The van der Waals surface area contributed by atoms with Crippen LogP contribution in [-0.4, -0.2) is 33.2 Å². The van der Waals surface area contributed by atoms with Crippen molar-refractivity contribution >= 4 is 21.8 Å². The molecule has 0 spiro atoms. The Kier molecular flexibility index (Phi) is 4.25. The Labute approximate surface area is 121 Å². The van der Waals surface area contributed by atoms with E-state index in [-0.39, 0.29) is 12.5 Å². The van der Waals surface area contributed by atoms with Crippen molar-refractivity contribution in [3.63, 3.8) is 0 Å². The van der Waals surface area contributed by atoms with Gasteiger partial charge in [0.15, 0.2) is 0 Å². The lowest BCUT2D eigenvalue weighted by Crippen LogP contribution is -2.50. The maximum atomic E-state index is 12.3. The van der Waals surface area contributed by atoms with Gasteiger partial charge in [0.25, 0.3) is 0 Å². The molecule has 5 nitrogen and oxygen atoms in total. The first-order chi connectivity index (χ1) is 9.07. The van der Waals surface area contributed by atoms with E-state index >= 15 is 0 Å². The molecule has 0 bridgehead atoms. The molecular formula is C13H17BrN4O. The summed E-state index contributed by atoms with van der Waals surface area (Å²) < 4.78 is 2.42. The SMILES string of the molecule is CN(C(=O)Cn1cc(Br)cn1)C1(C#N)CCCCC1. The Balaban J connectivity index is 2.07. The summed E-state index contributed by atoms with van der Waals surface area (Å²) in [5, 5.41) is 13.5. The molecule has 0 radical (unpaired) electrons. The summed E-state index contributed by atoms with van der Waals surface area (Å²) in [5.41, 5.74) is -0.625. The second-order valence-electron chi connectivity index (χ2n) is 5.01. The van der Waals surface area contributed by atoms with Gasteiger partial charge >= 0.3 is 0 Å². The van der Waals surface area contributed by atoms with E-state index in [2.05, 4.69) is 27.1 Å². The van der Waals surface area contributed by atoms with Crippen LogP contribution in [0.3, 0.4) is 0 Å². The van der Waals surface area contributed by atoms with Gasteiger partial charge in [0, 0.05) is 13.2 Å². The van der Waals surface area contributed by atoms with Crippen LogP contribution in [0.15, 0.2) is 16.9 Å². The molecule has 0 saturated heterocycles. The molecule has 1 aliphatic carbocycles. The van der Waals surface area contributed by atoms with Crippen molar-refractivity contribution in [3.8, 4) is 6.07 Å². The third-order valence-corrected chi connectivity index (χ3v) is 4.21. The zero-order valence-corrected chi connectivity index (χ0v) is 12.6. The largest absolute Gasteiger partial charge is 0.325 e. The predicted molar refractivity (Wildman–Crippen MR) is 74.1 cm³/mol. The molecule has 0 N–H and O–H groups in total. The van der Waals surface area contributed by atoms with Gasteiger partial charge in [-0.1, -0.05) is 19.3 Å². The molecule has 1 aliphatic rings. The molecule has 1 amide bonds. The van der Waals surface area contributed by atoms with Crippen LogP contribution in [-0.2, 0) is 11.3 Å². The minimum absolute atomic E-state index is 0.0703. The third kappa shape index (κ3) is 2.98. The lowest BCUT2D eigenvalue weighted by Gasteiger charge is -2.39. The monoisotopic (exact) mass is 324 g/mol. The molecule has 0 aromatic carbocycles. The average Bonchev–Trinajstić information content (AvgIpc) is 2.84. The number of carbonyl (C=O) groups is 1. The Bertz CT molecular complexity index is 499. The van der Waals surface area contributed by atoms with E-state index in [4.69, 9.17) is 0 Å². The number of hydrogen-bond acceptors (Lipinski definition) is 3. The van der Waals surface area contributed by atoms with Crippen LogP contribution in [0.5, 0.6) is 0 Å². The first kappa shape index (κ1) is 14.1. The lowest BCUT2D eigenvalue weighted by molar-refractivity contribution is -0.135. The molecule has 19 heavy (non-hydrogen) atoms. The molecule has 1 heterocycles. The van der Waals surface area contributed by atoms with E-state index < -0.39 is 5.54 Å². The van der Waals surface area contributed by atoms with E-state index in [0.29, 0.717) is 0 Å². The average molecular weight is 325 g/mol. The van der Waals surface area contributed by atoms with Gasteiger partial charge < -0.3 is 4.90 Å². The Hall–Kier alpha value is -1.35. The first-order valence-corrected chi connectivity index (χ1v) is 7.22. The van der Waals surface area contributed by atoms with E-state index in [9.17, 15) is 10.1 Å². The second-order valence-corrected chi connectivity index (χ2v) is 5.93. The number of carbonyl (C=O) groups excluding carboxylic acids is 1. The summed E-state index contributed by atoms with van der Waals surface area (Å²) in [6, 6.07) is 2.36. The number of hydrogen-bond donors (Lipinski definition) is 0. The first-order valence-electron chi connectivity index (χ1n) is 6.43. The highest BCUT2D eigenvalue weighted by Gasteiger charge is 2.38. The van der Waals surface area contributed by atoms with Gasteiger partial charge in [-0.2, -0.15) is 10.4 Å². The number of halogens is 1. The van der Waals surface area contributed by atoms with Crippen molar-refractivity contribution < 1.29 is 4.79 Å². The number of nitrogens with zero attached hydrogens (tertiary/aromatic N) is 4. The molecule has 6 heteroatoms. The number of rotatable bonds is 3. The van der Waals surface area contributed by atoms with Crippen molar-refractivity contribution in [3.05, 3.63) is 16.9 Å². The third-order valence-electron chi connectivity index (χ3n) is 3.80. The van der Waals surface area contributed by atoms with Crippen molar-refractivity contribution in [1.29, 1.82) is 5.26 Å². The standard InChI is InChI=1S/C13H17BrN4O/c1-17(13(10-15)5-3-2-4-6-13)12(19)9-18-8-11(14)7-16-18/h7-8H,2-6,9H2,1H3. The fraction of sp³-hybridized carbons (Fsp3) is 0.615. The highest BCUT2D eigenvalue weighted by molar-refractivity contribution is 9.10. The van der Waals surface area contributed by atoms with E-state index in [1.807, 2.05) is 0 Å². The molecule has 102 valence electrons. The summed E-state index contributed by atoms with van der Waals surface area (Å²) in [6.45, 7) is 0.172. The number of amides is 1. The molecule has 1 aromatic heterocycles. The van der Waals surface area contributed by atoms with E-state index in [1.165, 1.54) is 0 Å². The molecule has 0 unspecified atom stereocenters. The maximum Gasteiger partial charge on any atom is 0.245 e. The quantitative estimate of drug-likeness (QED) is 0.857. The van der Waals surface area contributed by atoms with Crippen LogP contribution in [0.2, 0.25) is 0 Å². The molecule has 1 saturated carbocycles. The number of likely N-dealkylation sites (N-methyl/N-ethyl adjacent to an activating group) is 1. The molecule has 0 atom stereocenters. The van der Waals surface area contributed by atoms with Gasteiger partial charge in [-0.25, -0.2) is 0 Å². The van der Waals surface area contributed by atoms with Crippen molar-refractivity contribution in [1.82, 2.24) is 14.7 Å². The van der Waals surface area contributed by atoms with Crippen LogP contribution in [0, 0.1) is 11.3 Å². The van der Waals surface area contributed by atoms with Crippen LogP contribution in [0.4, 0.5) is 0 Å². The van der Waals surface area contributed by atoms with Crippen molar-refractivity contribution in [2.45, 2.75) is 44.2 Å². The number of nitriles is 1. The van der Waals surface area contributed by atoms with Crippen molar-refractivity contribution in [2.75, 3.05) is 7.05 Å². The van der Waals surface area contributed by atoms with Crippen LogP contribution < -0.4 is 0 Å². The Morgan fingerprint density at radius 1 is 1.58 bits per heavy atom. The summed E-state index contributed by atoms with van der Waals surface area (Å²) in [4.78, 5) is 13.9. The molecule has 1 aromatic rings. The Morgan fingerprint density at radius 2 is 2.26 bits per heavy atom. The highest BCUT2D eigenvalue weighted by Crippen LogP contribution is 2.32. The maximum absolute atomic E-state index is 12.3. The normalized spacial score (nSPS) is 17.7. The van der Waals surface area contributed by atoms with Gasteiger partial charge in [0.1, 0.15) is 12.1 Å². The van der Waals surface area contributed by atoms with Gasteiger partial charge in [-0.05, 0) is 28.8 Å². The van der Waals surface area contributed by atoms with Gasteiger partial charge in [-0.15, -0.1) is 0 Å². The van der Waals surface area contributed by atoms with Gasteiger partial charge in [0.2, 0.25) is 5.91 Å². The topological polar surface area (TPSA) is 61.9 Å². The van der Waals surface area contributed by atoms with Crippen LogP contribution >= 0.6 is 15.9 Å². The second kappa shape index (κ2) is 5.74. The molecule has 1 fully saturated rings. The van der Waals surface area contributed by atoms with E-state index in [1.54, 1.807) is 29.0 Å².